The van der Waals surface area contributed by atoms with Crippen molar-refractivity contribution in [2.24, 2.45) is 5.92 Å². The van der Waals surface area contributed by atoms with Gasteiger partial charge in [0, 0.05) is 28.6 Å². The van der Waals surface area contributed by atoms with Crippen LogP contribution in [0.4, 0.5) is 0 Å². The van der Waals surface area contributed by atoms with E-state index >= 15 is 0 Å². The van der Waals surface area contributed by atoms with Crippen molar-refractivity contribution in [1.82, 2.24) is 10.3 Å². The number of nitrogens with zero attached hydrogens (tertiary/aromatic N) is 1. The van der Waals surface area contributed by atoms with Crippen LogP contribution in [-0.4, -0.2) is 16.0 Å². The number of hydrogen-bond donors (Lipinski definition) is 2. The zero-order chi connectivity index (χ0) is 18.7. The molecule has 1 atom stereocenters. The number of amides is 1. The third kappa shape index (κ3) is 3.81. The lowest BCUT2D eigenvalue weighted by atomic mass is 9.95. The summed E-state index contributed by atoms with van der Waals surface area (Å²) in [6, 6.07) is 14.2. The summed E-state index contributed by atoms with van der Waals surface area (Å²) in [6.45, 7) is 3.98. The van der Waals surface area contributed by atoms with Gasteiger partial charge in [-0.05, 0) is 23.6 Å². The van der Waals surface area contributed by atoms with Crippen molar-refractivity contribution in [2.45, 2.75) is 26.3 Å². The average molecular weight is 369 g/mol. The fourth-order valence-corrected chi connectivity index (χ4v) is 3.25. The Morgan fingerprint density at radius 3 is 2.62 bits per heavy atom. The Kier molecular flexibility index (Phi) is 5.43. The molecule has 0 saturated heterocycles. The van der Waals surface area contributed by atoms with Crippen LogP contribution in [-0.2, 0) is 4.79 Å². The number of hydrogen-bond acceptors (Lipinski definition) is 3. The molecule has 4 nitrogen and oxygen atoms in total. The molecular formula is C21H21ClN2O2. The van der Waals surface area contributed by atoms with Crippen LogP contribution in [0.15, 0.2) is 54.7 Å². The summed E-state index contributed by atoms with van der Waals surface area (Å²) in [7, 11) is 0. The maximum absolute atomic E-state index is 12.4. The summed E-state index contributed by atoms with van der Waals surface area (Å²) in [5.41, 5.74) is 1.80. The van der Waals surface area contributed by atoms with Gasteiger partial charge in [0.2, 0.25) is 5.91 Å². The van der Waals surface area contributed by atoms with Crippen molar-refractivity contribution >= 4 is 28.4 Å². The van der Waals surface area contributed by atoms with Gasteiger partial charge < -0.3 is 10.4 Å². The van der Waals surface area contributed by atoms with Gasteiger partial charge in [0.1, 0.15) is 11.3 Å². The summed E-state index contributed by atoms with van der Waals surface area (Å²) in [4.78, 5) is 16.7. The lowest BCUT2D eigenvalue weighted by Gasteiger charge is -2.23. The maximum Gasteiger partial charge on any atom is 0.221 e. The molecule has 0 spiro atoms. The van der Waals surface area contributed by atoms with Gasteiger partial charge in [-0.25, -0.2) is 0 Å². The Hall–Kier alpha value is -2.59. The molecule has 0 radical (unpaired) electrons. The number of rotatable bonds is 5. The number of nitrogens with one attached hydrogen (secondary N) is 1. The molecule has 134 valence electrons. The standard InChI is InChI=1S/C21H21ClN2O2/c1-13(2)12-18(25)24-20(15-7-3-4-8-17(15)22)16-10-9-14-6-5-11-23-19(14)21(16)26/h3-11,13,20,26H,12H2,1-2H3,(H,24,25). The Balaban J connectivity index is 2.10. The number of carbonyl (C=O) groups excluding carboxylic acids is 1. The van der Waals surface area contributed by atoms with E-state index in [0.717, 1.165) is 10.9 Å². The number of halogens is 1. The number of carbonyl (C=O) groups is 1. The van der Waals surface area contributed by atoms with Gasteiger partial charge in [0.05, 0.1) is 6.04 Å². The number of phenolic OH excluding ortho intramolecular Hbond substituents is 1. The van der Waals surface area contributed by atoms with Gasteiger partial charge in [-0.3, -0.25) is 9.78 Å². The number of pyridine rings is 1. The molecule has 3 rings (SSSR count). The van der Waals surface area contributed by atoms with Gasteiger partial charge in [-0.1, -0.05) is 61.8 Å². The van der Waals surface area contributed by atoms with Crippen molar-refractivity contribution in [1.29, 1.82) is 0 Å². The van der Waals surface area contributed by atoms with Gasteiger partial charge in [0.25, 0.3) is 0 Å². The Labute approximate surface area is 157 Å². The molecule has 0 aliphatic carbocycles. The fraction of sp³-hybridized carbons (Fsp3) is 0.238. The fourth-order valence-electron chi connectivity index (χ4n) is 3.00. The van der Waals surface area contributed by atoms with Crippen LogP contribution in [0, 0.1) is 5.92 Å². The van der Waals surface area contributed by atoms with E-state index in [0.29, 0.717) is 22.5 Å². The summed E-state index contributed by atoms with van der Waals surface area (Å²) in [5, 5.41) is 15.2. The first-order valence-electron chi connectivity index (χ1n) is 8.57. The molecule has 0 aliphatic rings. The quantitative estimate of drug-likeness (QED) is 0.677. The molecule has 2 N–H and O–H groups in total. The summed E-state index contributed by atoms with van der Waals surface area (Å²) in [5.74, 6) is 0.192. The predicted molar refractivity (Wildman–Crippen MR) is 104 cm³/mol. The summed E-state index contributed by atoms with van der Waals surface area (Å²) in [6.07, 6.45) is 2.03. The van der Waals surface area contributed by atoms with Crippen LogP contribution in [0.2, 0.25) is 5.02 Å². The SMILES string of the molecule is CC(C)CC(=O)NC(c1ccccc1Cl)c1ccc2cccnc2c1O. The molecule has 1 amide bonds. The highest BCUT2D eigenvalue weighted by Crippen LogP contribution is 2.36. The van der Waals surface area contributed by atoms with Crippen LogP contribution < -0.4 is 5.32 Å². The van der Waals surface area contributed by atoms with Crippen molar-refractivity contribution in [2.75, 3.05) is 0 Å². The summed E-state index contributed by atoms with van der Waals surface area (Å²) >= 11 is 6.38. The van der Waals surface area contributed by atoms with E-state index in [-0.39, 0.29) is 17.6 Å². The Bertz CT molecular complexity index is 940. The maximum atomic E-state index is 12.4. The normalized spacial score (nSPS) is 12.3. The minimum absolute atomic E-state index is 0.0536. The molecule has 5 heteroatoms. The number of fused-ring (bicyclic) bond motifs is 1. The largest absolute Gasteiger partial charge is 0.505 e. The van der Waals surface area contributed by atoms with Crippen LogP contribution in [0.3, 0.4) is 0 Å². The Morgan fingerprint density at radius 1 is 1.12 bits per heavy atom. The van der Waals surface area contributed by atoms with Gasteiger partial charge in [-0.15, -0.1) is 0 Å². The zero-order valence-corrected chi connectivity index (χ0v) is 15.5. The van der Waals surface area contributed by atoms with Gasteiger partial charge >= 0.3 is 0 Å². The molecular weight excluding hydrogens is 348 g/mol. The first-order chi connectivity index (χ1) is 12.5. The van der Waals surface area contributed by atoms with Crippen molar-refractivity contribution in [3.05, 3.63) is 70.9 Å². The van der Waals surface area contributed by atoms with E-state index in [1.54, 1.807) is 12.3 Å². The monoisotopic (exact) mass is 368 g/mol. The third-order valence-corrected chi connectivity index (χ3v) is 4.55. The average Bonchev–Trinajstić information content (AvgIpc) is 2.61. The van der Waals surface area contributed by atoms with E-state index in [1.807, 2.05) is 56.3 Å². The number of phenols is 1. The highest BCUT2D eigenvalue weighted by Gasteiger charge is 2.23. The molecule has 1 unspecified atom stereocenters. The van der Waals surface area contributed by atoms with Crippen LogP contribution in [0.5, 0.6) is 5.75 Å². The third-order valence-electron chi connectivity index (χ3n) is 4.21. The minimum Gasteiger partial charge on any atom is -0.505 e. The Morgan fingerprint density at radius 2 is 1.88 bits per heavy atom. The number of aromatic hydroxyl groups is 1. The molecule has 26 heavy (non-hydrogen) atoms. The van der Waals surface area contributed by atoms with Crippen molar-refractivity contribution in [3.63, 3.8) is 0 Å². The molecule has 1 aromatic heterocycles. The molecule has 0 bridgehead atoms. The second-order valence-electron chi connectivity index (χ2n) is 6.70. The van der Waals surface area contributed by atoms with E-state index in [9.17, 15) is 9.90 Å². The van der Waals surface area contributed by atoms with Gasteiger partial charge in [0.15, 0.2) is 0 Å². The lowest BCUT2D eigenvalue weighted by molar-refractivity contribution is -0.122. The van der Waals surface area contributed by atoms with Crippen LogP contribution in [0.1, 0.15) is 37.4 Å². The predicted octanol–water partition coefficient (Wildman–Crippen LogP) is 4.85. The lowest BCUT2D eigenvalue weighted by Crippen LogP contribution is -2.30. The summed E-state index contributed by atoms with van der Waals surface area (Å²) < 4.78 is 0. The molecule has 0 fully saturated rings. The smallest absolute Gasteiger partial charge is 0.221 e. The molecule has 0 saturated carbocycles. The zero-order valence-electron chi connectivity index (χ0n) is 14.7. The topological polar surface area (TPSA) is 62.2 Å². The highest BCUT2D eigenvalue weighted by molar-refractivity contribution is 6.31. The molecule has 0 aliphatic heterocycles. The number of benzene rings is 2. The van der Waals surface area contributed by atoms with Crippen molar-refractivity contribution in [3.8, 4) is 5.75 Å². The van der Waals surface area contributed by atoms with E-state index in [1.165, 1.54) is 0 Å². The van der Waals surface area contributed by atoms with Crippen molar-refractivity contribution < 1.29 is 9.90 Å². The first-order valence-corrected chi connectivity index (χ1v) is 8.95. The number of aromatic nitrogens is 1. The van der Waals surface area contributed by atoms with E-state index in [4.69, 9.17) is 11.6 Å². The van der Waals surface area contributed by atoms with Crippen LogP contribution >= 0.6 is 11.6 Å². The second kappa shape index (κ2) is 7.75. The van der Waals surface area contributed by atoms with Crippen LogP contribution in [0.25, 0.3) is 10.9 Å². The molecule has 2 aromatic carbocycles. The van der Waals surface area contributed by atoms with Gasteiger partial charge in [-0.2, -0.15) is 0 Å². The van der Waals surface area contributed by atoms with E-state index in [2.05, 4.69) is 10.3 Å². The second-order valence-corrected chi connectivity index (χ2v) is 7.11. The molecule has 3 aromatic rings. The minimum atomic E-state index is -0.554. The highest BCUT2D eigenvalue weighted by atomic mass is 35.5. The first kappa shape index (κ1) is 18.2. The molecule has 1 heterocycles. The van der Waals surface area contributed by atoms with E-state index < -0.39 is 6.04 Å².